The molecule has 0 aliphatic carbocycles. The van der Waals surface area contributed by atoms with Crippen molar-refractivity contribution in [1.82, 2.24) is 21.3 Å². The third-order valence-electron chi connectivity index (χ3n) is 5.05. The van der Waals surface area contributed by atoms with E-state index in [1.807, 2.05) is 23.5 Å². The molecule has 2 fully saturated rings. The molecule has 2 saturated heterocycles. The molecule has 4 atom stereocenters. The van der Waals surface area contributed by atoms with Gasteiger partial charge in [0, 0.05) is 24.9 Å². The van der Waals surface area contributed by atoms with Crippen LogP contribution in [0.5, 0.6) is 0 Å². The second-order valence-corrected chi connectivity index (χ2v) is 10.4. The van der Waals surface area contributed by atoms with Crippen molar-refractivity contribution >= 4 is 35.3 Å². The first-order chi connectivity index (χ1) is 13.5. The molecule has 0 bridgehead atoms. The minimum absolute atomic E-state index is 0.0921. The second-order valence-electron chi connectivity index (χ2n) is 8.01. The van der Waals surface area contributed by atoms with Crippen molar-refractivity contribution in [3.8, 4) is 0 Å². The molecule has 4 N–H and O–H groups in total. The van der Waals surface area contributed by atoms with Gasteiger partial charge < -0.3 is 10.6 Å². The molecule has 2 heterocycles. The summed E-state index contributed by atoms with van der Waals surface area (Å²) in [6, 6.07) is 0.566. The second kappa shape index (κ2) is 13.7. The van der Waals surface area contributed by atoms with E-state index in [-0.39, 0.29) is 34.9 Å². The maximum atomic E-state index is 11.5. The van der Waals surface area contributed by atoms with E-state index < -0.39 is 0 Å². The standard InChI is InChI=1S/C20H38N4O2S2/c1-15-13-17(25)23-19(21-15)27-11-9-7-5-3-4-6-8-10-12-28-20-22-16(2)14-18(26)24-20/h15-16,19-22H,3-14H2,1-2H3,(H,23,25)(H,24,26). The van der Waals surface area contributed by atoms with Gasteiger partial charge in [-0.2, -0.15) is 0 Å². The van der Waals surface area contributed by atoms with E-state index in [1.54, 1.807) is 0 Å². The van der Waals surface area contributed by atoms with E-state index >= 15 is 0 Å². The van der Waals surface area contributed by atoms with Crippen LogP contribution in [-0.4, -0.2) is 46.4 Å². The summed E-state index contributed by atoms with van der Waals surface area (Å²) in [4.78, 5) is 23.0. The Hall–Kier alpha value is -0.440. The van der Waals surface area contributed by atoms with Crippen molar-refractivity contribution in [2.75, 3.05) is 11.5 Å². The molecule has 2 aliphatic heterocycles. The van der Waals surface area contributed by atoms with Gasteiger partial charge in [-0.25, -0.2) is 0 Å². The zero-order valence-electron chi connectivity index (χ0n) is 17.4. The lowest BCUT2D eigenvalue weighted by molar-refractivity contribution is -0.124. The van der Waals surface area contributed by atoms with Crippen LogP contribution >= 0.6 is 23.5 Å². The summed E-state index contributed by atoms with van der Waals surface area (Å²) < 4.78 is 0. The quantitative estimate of drug-likeness (QED) is 0.336. The number of amides is 2. The molecule has 0 saturated carbocycles. The maximum absolute atomic E-state index is 11.5. The molecule has 0 spiro atoms. The molecule has 6 nitrogen and oxygen atoms in total. The van der Waals surface area contributed by atoms with Crippen LogP contribution in [0.4, 0.5) is 0 Å². The fraction of sp³-hybridized carbons (Fsp3) is 0.900. The van der Waals surface area contributed by atoms with E-state index in [4.69, 9.17) is 0 Å². The van der Waals surface area contributed by atoms with Crippen LogP contribution in [-0.2, 0) is 9.59 Å². The fourth-order valence-electron chi connectivity index (χ4n) is 3.53. The molecular weight excluding hydrogens is 392 g/mol. The van der Waals surface area contributed by atoms with Gasteiger partial charge >= 0.3 is 0 Å². The molecule has 2 rings (SSSR count). The van der Waals surface area contributed by atoms with Gasteiger partial charge in [0.2, 0.25) is 11.8 Å². The Bertz CT molecular complexity index is 439. The zero-order chi connectivity index (χ0) is 20.2. The van der Waals surface area contributed by atoms with Crippen LogP contribution < -0.4 is 21.3 Å². The summed E-state index contributed by atoms with van der Waals surface area (Å²) in [6.07, 6.45) is 11.5. The van der Waals surface area contributed by atoms with Crippen LogP contribution in [0.15, 0.2) is 0 Å². The van der Waals surface area contributed by atoms with Gasteiger partial charge in [0.05, 0.1) is 0 Å². The molecule has 28 heavy (non-hydrogen) atoms. The number of unbranched alkanes of at least 4 members (excludes halogenated alkanes) is 7. The highest BCUT2D eigenvalue weighted by Crippen LogP contribution is 2.17. The summed E-state index contributed by atoms with van der Waals surface area (Å²) in [7, 11) is 0. The third kappa shape index (κ3) is 10.4. The lowest BCUT2D eigenvalue weighted by atomic mass is 10.1. The summed E-state index contributed by atoms with van der Waals surface area (Å²) >= 11 is 3.63. The highest BCUT2D eigenvalue weighted by Gasteiger charge is 2.23. The van der Waals surface area contributed by atoms with Gasteiger partial charge in [-0.05, 0) is 38.2 Å². The van der Waals surface area contributed by atoms with Crippen molar-refractivity contribution < 1.29 is 9.59 Å². The molecule has 2 amide bonds. The Kier molecular flexibility index (Phi) is 11.7. The Morgan fingerprint density at radius 2 is 1.04 bits per heavy atom. The van der Waals surface area contributed by atoms with Gasteiger partial charge in [-0.3, -0.25) is 20.2 Å². The molecule has 0 aromatic heterocycles. The summed E-state index contributed by atoms with van der Waals surface area (Å²) in [6.45, 7) is 4.13. The van der Waals surface area contributed by atoms with Gasteiger partial charge in [0.15, 0.2) is 0 Å². The molecule has 2 aliphatic rings. The van der Waals surface area contributed by atoms with Crippen molar-refractivity contribution in [2.24, 2.45) is 0 Å². The Balaban J connectivity index is 1.33. The average molecular weight is 431 g/mol. The van der Waals surface area contributed by atoms with Crippen LogP contribution in [0.2, 0.25) is 0 Å². The van der Waals surface area contributed by atoms with Gasteiger partial charge in [0.25, 0.3) is 0 Å². The number of hydrogen-bond acceptors (Lipinski definition) is 6. The number of carbonyl (C=O) groups is 2. The number of thioether (sulfide) groups is 2. The molecule has 162 valence electrons. The highest BCUT2D eigenvalue weighted by molar-refractivity contribution is 8.00. The largest absolute Gasteiger partial charge is 0.332 e. The SMILES string of the molecule is CC1CC(=O)NC(SCCCCCCCCCCSC2NC(=O)CC(C)N2)N1. The zero-order valence-corrected chi connectivity index (χ0v) is 19.1. The molecule has 0 aromatic rings. The van der Waals surface area contributed by atoms with E-state index in [9.17, 15) is 9.59 Å². The molecule has 8 heteroatoms. The monoisotopic (exact) mass is 430 g/mol. The predicted molar refractivity (Wildman–Crippen MR) is 120 cm³/mol. The first kappa shape index (κ1) is 23.8. The average Bonchev–Trinajstić information content (AvgIpc) is 2.61. The van der Waals surface area contributed by atoms with Crippen LogP contribution in [0.25, 0.3) is 0 Å². The topological polar surface area (TPSA) is 82.3 Å². The Labute approximate surface area is 178 Å². The van der Waals surface area contributed by atoms with E-state index in [0.29, 0.717) is 12.8 Å². The normalized spacial score (nSPS) is 28.1. The molecule has 4 unspecified atom stereocenters. The number of carbonyl (C=O) groups excluding carboxylic acids is 2. The highest BCUT2D eigenvalue weighted by atomic mass is 32.2. The molecule has 0 aromatic carbocycles. The molecule has 0 radical (unpaired) electrons. The predicted octanol–water partition coefficient (Wildman–Crippen LogP) is 3.14. The minimum Gasteiger partial charge on any atom is -0.332 e. The smallest absolute Gasteiger partial charge is 0.223 e. The first-order valence-electron chi connectivity index (χ1n) is 10.9. The van der Waals surface area contributed by atoms with E-state index in [2.05, 4.69) is 35.1 Å². The van der Waals surface area contributed by atoms with Crippen LogP contribution in [0.3, 0.4) is 0 Å². The maximum Gasteiger partial charge on any atom is 0.223 e. The minimum atomic E-state index is 0.0921. The Morgan fingerprint density at radius 1 is 0.679 bits per heavy atom. The Morgan fingerprint density at radius 3 is 1.39 bits per heavy atom. The fourth-order valence-corrected chi connectivity index (χ4v) is 5.83. The van der Waals surface area contributed by atoms with Crippen molar-refractivity contribution in [1.29, 1.82) is 0 Å². The first-order valence-corrected chi connectivity index (χ1v) is 13.0. The summed E-state index contributed by atoms with van der Waals surface area (Å²) in [5.74, 6) is 2.53. The lowest BCUT2D eigenvalue weighted by Gasteiger charge is -2.29. The van der Waals surface area contributed by atoms with Crippen molar-refractivity contribution in [3.05, 3.63) is 0 Å². The third-order valence-corrected chi connectivity index (χ3v) is 7.27. The van der Waals surface area contributed by atoms with Crippen LogP contribution in [0.1, 0.15) is 78.1 Å². The van der Waals surface area contributed by atoms with Gasteiger partial charge in [-0.15, -0.1) is 23.5 Å². The summed E-state index contributed by atoms with van der Waals surface area (Å²) in [5.41, 5.74) is 0.184. The summed E-state index contributed by atoms with van der Waals surface area (Å²) in [5, 5.41) is 12.8. The van der Waals surface area contributed by atoms with Crippen molar-refractivity contribution in [2.45, 2.75) is 101 Å². The number of nitrogens with one attached hydrogen (secondary N) is 4. The van der Waals surface area contributed by atoms with Gasteiger partial charge in [0.1, 0.15) is 11.0 Å². The number of rotatable bonds is 13. The van der Waals surface area contributed by atoms with E-state index in [1.165, 1.54) is 51.4 Å². The number of hydrogen-bond donors (Lipinski definition) is 4. The van der Waals surface area contributed by atoms with Gasteiger partial charge in [-0.1, -0.05) is 38.5 Å². The van der Waals surface area contributed by atoms with Crippen LogP contribution in [0, 0.1) is 0 Å². The lowest BCUT2D eigenvalue weighted by Crippen LogP contribution is -2.53. The molecular formula is C20H38N4O2S2. The van der Waals surface area contributed by atoms with Crippen molar-refractivity contribution in [3.63, 3.8) is 0 Å². The van der Waals surface area contributed by atoms with E-state index in [0.717, 1.165) is 11.5 Å².